The first kappa shape index (κ1) is 20.1. The second-order valence-corrected chi connectivity index (χ2v) is 10.3. The molecule has 160 valence electrons. The number of ketones is 1. The van der Waals surface area contributed by atoms with Crippen molar-refractivity contribution in [1.82, 2.24) is 4.90 Å². The third-order valence-corrected chi connectivity index (χ3v) is 8.30. The molecule has 3 aliphatic rings. The standard InChI is InChI=1S/C27H36N2O/c1-20(2)27(12-4-3-5-13-27)19-28-14-7-15-29(17-16-28)24-11-10-21-18-25(30)23-9-6-8-22(24)26(21)23/h6,8-11,20H,3-5,7,12-19H2,1-2H3. The van der Waals surface area contributed by atoms with Crippen molar-refractivity contribution in [2.75, 3.05) is 37.6 Å². The van der Waals surface area contributed by atoms with Crippen LogP contribution in [0.25, 0.3) is 10.8 Å². The molecule has 3 heteroatoms. The molecule has 0 radical (unpaired) electrons. The van der Waals surface area contributed by atoms with E-state index in [1.54, 1.807) is 0 Å². The van der Waals surface area contributed by atoms with E-state index in [-0.39, 0.29) is 5.78 Å². The van der Waals surface area contributed by atoms with Gasteiger partial charge in [-0.25, -0.2) is 0 Å². The van der Waals surface area contributed by atoms with Crippen molar-refractivity contribution in [1.29, 1.82) is 0 Å². The predicted octanol–water partition coefficient (Wildman–Crippen LogP) is 5.70. The van der Waals surface area contributed by atoms with Crippen LogP contribution in [-0.2, 0) is 6.42 Å². The maximum absolute atomic E-state index is 12.4. The molecule has 0 atom stereocenters. The largest absolute Gasteiger partial charge is 0.370 e. The van der Waals surface area contributed by atoms with Gasteiger partial charge in [-0.1, -0.05) is 57.4 Å². The van der Waals surface area contributed by atoms with Gasteiger partial charge in [-0.05, 0) is 54.2 Å². The van der Waals surface area contributed by atoms with Crippen LogP contribution in [0.1, 0.15) is 68.3 Å². The highest BCUT2D eigenvalue weighted by molar-refractivity contribution is 6.17. The Morgan fingerprint density at radius 3 is 2.57 bits per heavy atom. The summed E-state index contributed by atoms with van der Waals surface area (Å²) in [4.78, 5) is 17.7. The summed E-state index contributed by atoms with van der Waals surface area (Å²) in [7, 11) is 0. The summed E-state index contributed by atoms with van der Waals surface area (Å²) in [5, 5.41) is 2.48. The number of anilines is 1. The molecule has 2 aromatic carbocycles. The first-order chi connectivity index (χ1) is 14.6. The summed E-state index contributed by atoms with van der Waals surface area (Å²) in [5.74, 6) is 1.05. The molecule has 5 rings (SSSR count). The van der Waals surface area contributed by atoms with Crippen molar-refractivity contribution in [3.63, 3.8) is 0 Å². The quantitative estimate of drug-likeness (QED) is 0.653. The Balaban J connectivity index is 1.36. The fourth-order valence-corrected chi connectivity index (χ4v) is 6.38. The number of Topliss-reactive ketones (excluding diaryl/α,β-unsaturated/α-hetero) is 1. The van der Waals surface area contributed by atoms with Crippen molar-refractivity contribution in [2.24, 2.45) is 11.3 Å². The predicted molar refractivity (Wildman–Crippen MR) is 126 cm³/mol. The minimum absolute atomic E-state index is 0.279. The Bertz CT molecular complexity index is 941. The van der Waals surface area contributed by atoms with Crippen LogP contribution in [0, 0.1) is 11.3 Å². The summed E-state index contributed by atoms with van der Waals surface area (Å²) in [6.45, 7) is 10.7. The lowest BCUT2D eigenvalue weighted by Gasteiger charge is -2.44. The third-order valence-electron chi connectivity index (χ3n) is 8.30. The second kappa shape index (κ2) is 8.00. The summed E-state index contributed by atoms with van der Waals surface area (Å²) in [6.07, 6.45) is 8.86. The van der Waals surface area contributed by atoms with Gasteiger partial charge in [-0.3, -0.25) is 4.79 Å². The smallest absolute Gasteiger partial charge is 0.167 e. The summed E-state index contributed by atoms with van der Waals surface area (Å²) in [6, 6.07) is 10.8. The highest BCUT2D eigenvalue weighted by Gasteiger charge is 2.37. The summed E-state index contributed by atoms with van der Waals surface area (Å²) in [5.41, 5.74) is 3.98. The topological polar surface area (TPSA) is 23.6 Å². The van der Waals surface area contributed by atoms with Crippen molar-refractivity contribution < 1.29 is 4.79 Å². The Kier molecular flexibility index (Phi) is 5.35. The minimum Gasteiger partial charge on any atom is -0.370 e. The van der Waals surface area contributed by atoms with Crippen molar-refractivity contribution >= 4 is 22.2 Å². The van der Waals surface area contributed by atoms with Gasteiger partial charge in [-0.2, -0.15) is 0 Å². The maximum Gasteiger partial charge on any atom is 0.167 e. The Morgan fingerprint density at radius 2 is 1.77 bits per heavy atom. The fourth-order valence-electron chi connectivity index (χ4n) is 6.38. The highest BCUT2D eigenvalue weighted by atomic mass is 16.1. The highest BCUT2D eigenvalue weighted by Crippen LogP contribution is 2.43. The van der Waals surface area contributed by atoms with E-state index >= 15 is 0 Å². The zero-order valence-electron chi connectivity index (χ0n) is 18.8. The van der Waals surface area contributed by atoms with Crippen molar-refractivity contribution in [3.8, 4) is 0 Å². The first-order valence-corrected chi connectivity index (χ1v) is 12.1. The zero-order valence-corrected chi connectivity index (χ0v) is 18.8. The number of hydrogen-bond donors (Lipinski definition) is 0. The third kappa shape index (κ3) is 3.45. The van der Waals surface area contributed by atoms with Gasteiger partial charge in [0.05, 0.1) is 0 Å². The van der Waals surface area contributed by atoms with E-state index < -0.39 is 0 Å². The van der Waals surface area contributed by atoms with Crippen LogP contribution < -0.4 is 4.90 Å². The van der Waals surface area contributed by atoms with Gasteiger partial charge in [0.25, 0.3) is 0 Å². The van der Waals surface area contributed by atoms with Crippen LogP contribution in [-0.4, -0.2) is 43.4 Å². The lowest BCUT2D eigenvalue weighted by Crippen LogP contribution is -2.44. The number of carbonyl (C=O) groups is 1. The molecule has 0 spiro atoms. The van der Waals surface area contributed by atoms with Crippen LogP contribution in [0.2, 0.25) is 0 Å². The van der Waals surface area contributed by atoms with Crippen LogP contribution in [0.4, 0.5) is 5.69 Å². The van der Waals surface area contributed by atoms with E-state index in [4.69, 9.17) is 0 Å². The minimum atomic E-state index is 0.279. The van der Waals surface area contributed by atoms with Crippen molar-refractivity contribution in [2.45, 2.75) is 58.8 Å². The molecule has 1 saturated carbocycles. The molecule has 1 saturated heterocycles. The molecule has 0 aromatic heterocycles. The average Bonchev–Trinajstić information content (AvgIpc) is 2.93. The van der Waals surface area contributed by atoms with E-state index in [0.717, 1.165) is 31.1 Å². The van der Waals surface area contributed by atoms with Crippen LogP contribution >= 0.6 is 0 Å². The molecule has 1 aliphatic heterocycles. The number of nitrogens with zero attached hydrogens (tertiary/aromatic N) is 2. The molecule has 0 N–H and O–H groups in total. The van der Waals surface area contributed by atoms with E-state index in [9.17, 15) is 4.79 Å². The van der Waals surface area contributed by atoms with Gasteiger partial charge < -0.3 is 9.80 Å². The Morgan fingerprint density at radius 1 is 0.933 bits per heavy atom. The SMILES string of the molecule is CC(C)C1(CN2CCCN(c3ccc4c5c(cccc35)C(=O)C4)CC2)CCCCC1. The number of carbonyl (C=O) groups excluding carboxylic acids is 1. The van der Waals surface area contributed by atoms with Gasteiger partial charge in [0.2, 0.25) is 0 Å². The second-order valence-electron chi connectivity index (χ2n) is 10.3. The lowest BCUT2D eigenvalue weighted by atomic mass is 9.66. The summed E-state index contributed by atoms with van der Waals surface area (Å²) >= 11 is 0. The molecule has 2 aliphatic carbocycles. The van der Waals surface area contributed by atoms with Gasteiger partial charge in [0, 0.05) is 49.2 Å². The van der Waals surface area contributed by atoms with Gasteiger partial charge in [-0.15, -0.1) is 0 Å². The Hall–Kier alpha value is -1.87. The van der Waals surface area contributed by atoms with Crippen LogP contribution in [0.15, 0.2) is 30.3 Å². The molecular formula is C27H36N2O. The fraction of sp³-hybridized carbons (Fsp3) is 0.593. The zero-order chi connectivity index (χ0) is 20.7. The van der Waals surface area contributed by atoms with Gasteiger partial charge >= 0.3 is 0 Å². The molecule has 1 heterocycles. The molecule has 30 heavy (non-hydrogen) atoms. The molecule has 0 bridgehead atoms. The van der Waals surface area contributed by atoms with E-state index in [1.807, 2.05) is 6.07 Å². The van der Waals surface area contributed by atoms with Gasteiger partial charge in [0.15, 0.2) is 5.78 Å². The molecule has 0 unspecified atom stereocenters. The molecule has 2 aromatic rings. The lowest BCUT2D eigenvalue weighted by molar-refractivity contribution is 0.0611. The molecule has 2 fully saturated rings. The monoisotopic (exact) mass is 404 g/mol. The van der Waals surface area contributed by atoms with E-state index in [1.165, 1.54) is 73.6 Å². The van der Waals surface area contributed by atoms with Crippen LogP contribution in [0.5, 0.6) is 0 Å². The van der Waals surface area contributed by atoms with E-state index in [0.29, 0.717) is 11.8 Å². The number of rotatable bonds is 4. The maximum atomic E-state index is 12.4. The average molecular weight is 405 g/mol. The van der Waals surface area contributed by atoms with E-state index in [2.05, 4.69) is 47.9 Å². The number of benzene rings is 2. The Labute approximate surface area is 181 Å². The van der Waals surface area contributed by atoms with Crippen molar-refractivity contribution in [3.05, 3.63) is 41.5 Å². The number of hydrogen-bond acceptors (Lipinski definition) is 3. The van der Waals surface area contributed by atoms with Gasteiger partial charge in [0.1, 0.15) is 0 Å². The first-order valence-electron chi connectivity index (χ1n) is 12.1. The molecule has 3 nitrogen and oxygen atoms in total. The summed E-state index contributed by atoms with van der Waals surface area (Å²) < 4.78 is 0. The molecular weight excluding hydrogens is 368 g/mol. The van der Waals surface area contributed by atoms with Crippen LogP contribution in [0.3, 0.4) is 0 Å². The molecule has 0 amide bonds. The normalized spacial score (nSPS) is 22.1.